The maximum absolute atomic E-state index is 13.2. The van der Waals surface area contributed by atoms with Gasteiger partial charge in [0.25, 0.3) is 5.82 Å². The topological polar surface area (TPSA) is 35.1 Å². The summed E-state index contributed by atoms with van der Waals surface area (Å²) < 4.78 is 10.5. The van der Waals surface area contributed by atoms with Crippen molar-refractivity contribution in [3.8, 4) is 0 Å². The van der Waals surface area contributed by atoms with E-state index in [1.54, 1.807) is 0 Å². The molecule has 1 aromatic carbocycles. The number of carbonyl (C=O) groups is 1. The quantitative estimate of drug-likeness (QED) is 0.569. The van der Waals surface area contributed by atoms with Crippen molar-refractivity contribution in [2.24, 2.45) is 24.8 Å². The Labute approximate surface area is 163 Å². The molecule has 148 valence electrons. The van der Waals surface area contributed by atoms with Crippen molar-refractivity contribution >= 4 is 17.0 Å². The molecule has 4 nitrogen and oxygen atoms in total. The molecule has 3 rings (SSSR count). The van der Waals surface area contributed by atoms with Crippen LogP contribution < -0.4 is 4.57 Å². The summed E-state index contributed by atoms with van der Waals surface area (Å²) in [6.07, 6.45) is 4.31. The SMILES string of the molecule is CCc1n([C@H](C)C(=O)O[C@H]2C[C@H](C)CC[C@H]2C(C)C)c2ccccc2[n+]1C. The van der Waals surface area contributed by atoms with Crippen LogP contribution in [0.5, 0.6) is 0 Å². The zero-order chi connectivity index (χ0) is 19.7. The van der Waals surface area contributed by atoms with E-state index in [-0.39, 0.29) is 18.1 Å². The van der Waals surface area contributed by atoms with E-state index in [9.17, 15) is 4.79 Å². The van der Waals surface area contributed by atoms with Crippen LogP contribution >= 0.6 is 0 Å². The third kappa shape index (κ3) is 3.76. The van der Waals surface area contributed by atoms with Crippen molar-refractivity contribution in [1.82, 2.24) is 4.57 Å². The molecule has 0 unspecified atom stereocenters. The van der Waals surface area contributed by atoms with Gasteiger partial charge in [-0.15, -0.1) is 0 Å². The van der Waals surface area contributed by atoms with Crippen LogP contribution in [-0.2, 0) is 23.0 Å². The lowest BCUT2D eigenvalue weighted by Gasteiger charge is -2.37. The highest BCUT2D eigenvalue weighted by molar-refractivity contribution is 5.79. The van der Waals surface area contributed by atoms with Gasteiger partial charge in [-0.1, -0.05) is 46.2 Å². The van der Waals surface area contributed by atoms with E-state index in [1.165, 1.54) is 6.42 Å². The molecule has 1 saturated carbocycles. The molecule has 1 aromatic heterocycles. The fraction of sp³-hybridized carbons (Fsp3) is 0.652. The molecule has 1 fully saturated rings. The number of para-hydroxylation sites is 2. The summed E-state index contributed by atoms with van der Waals surface area (Å²) in [5.41, 5.74) is 2.25. The van der Waals surface area contributed by atoms with Crippen LogP contribution in [0.3, 0.4) is 0 Å². The molecule has 27 heavy (non-hydrogen) atoms. The maximum atomic E-state index is 13.2. The van der Waals surface area contributed by atoms with E-state index in [0.29, 0.717) is 17.8 Å². The smallest absolute Gasteiger partial charge is 0.351 e. The fourth-order valence-corrected chi connectivity index (χ4v) is 4.83. The lowest BCUT2D eigenvalue weighted by molar-refractivity contribution is -0.654. The summed E-state index contributed by atoms with van der Waals surface area (Å²) in [4.78, 5) is 13.2. The number of aromatic nitrogens is 2. The van der Waals surface area contributed by atoms with E-state index in [0.717, 1.165) is 36.1 Å². The molecule has 0 aliphatic heterocycles. The van der Waals surface area contributed by atoms with Crippen LogP contribution in [-0.4, -0.2) is 16.6 Å². The molecule has 0 radical (unpaired) electrons. The largest absolute Gasteiger partial charge is 0.459 e. The second-order valence-corrected chi connectivity index (χ2v) is 8.66. The highest BCUT2D eigenvalue weighted by Gasteiger charge is 2.37. The third-order valence-electron chi connectivity index (χ3n) is 6.44. The van der Waals surface area contributed by atoms with Crippen LogP contribution in [0.15, 0.2) is 24.3 Å². The Morgan fingerprint density at radius 1 is 1.26 bits per heavy atom. The van der Waals surface area contributed by atoms with E-state index >= 15 is 0 Å². The first-order valence-corrected chi connectivity index (χ1v) is 10.5. The number of nitrogens with zero attached hydrogens (tertiary/aromatic N) is 2. The minimum absolute atomic E-state index is 0.0457. The first-order chi connectivity index (χ1) is 12.8. The van der Waals surface area contributed by atoms with Gasteiger partial charge in [0.15, 0.2) is 17.1 Å². The van der Waals surface area contributed by atoms with Gasteiger partial charge < -0.3 is 4.74 Å². The Bertz CT molecular complexity index is 808. The lowest BCUT2D eigenvalue weighted by atomic mass is 9.75. The number of hydrogen-bond donors (Lipinski definition) is 0. The normalized spacial score (nSPS) is 24.3. The Kier molecular flexibility index (Phi) is 5.92. The van der Waals surface area contributed by atoms with Crippen LogP contribution in [0.25, 0.3) is 11.0 Å². The van der Waals surface area contributed by atoms with E-state index in [4.69, 9.17) is 4.74 Å². The van der Waals surface area contributed by atoms with Crippen LogP contribution in [0.1, 0.15) is 65.7 Å². The van der Waals surface area contributed by atoms with E-state index in [2.05, 4.69) is 56.0 Å². The Hall–Kier alpha value is -1.84. The van der Waals surface area contributed by atoms with Gasteiger partial charge in [-0.25, -0.2) is 13.9 Å². The number of rotatable bonds is 5. The number of carbonyl (C=O) groups excluding carboxylic acids is 1. The van der Waals surface area contributed by atoms with Crippen molar-refractivity contribution in [3.63, 3.8) is 0 Å². The van der Waals surface area contributed by atoms with Crippen LogP contribution in [0, 0.1) is 17.8 Å². The predicted molar refractivity (Wildman–Crippen MR) is 108 cm³/mol. The van der Waals surface area contributed by atoms with Crippen molar-refractivity contribution < 1.29 is 14.1 Å². The minimum Gasteiger partial charge on any atom is -0.459 e. The monoisotopic (exact) mass is 371 g/mol. The molecule has 0 saturated heterocycles. The van der Waals surface area contributed by atoms with Crippen molar-refractivity contribution in [2.45, 2.75) is 72.4 Å². The van der Waals surface area contributed by atoms with Gasteiger partial charge in [-0.2, -0.15) is 0 Å². The van der Waals surface area contributed by atoms with Crippen LogP contribution in [0.2, 0.25) is 0 Å². The number of ether oxygens (including phenoxy) is 1. The average Bonchev–Trinajstić information content (AvgIpc) is 2.93. The van der Waals surface area contributed by atoms with Gasteiger partial charge in [0.2, 0.25) is 0 Å². The van der Waals surface area contributed by atoms with Crippen LogP contribution in [0.4, 0.5) is 0 Å². The van der Waals surface area contributed by atoms with Crippen molar-refractivity contribution in [3.05, 3.63) is 30.1 Å². The molecule has 1 aliphatic rings. The van der Waals surface area contributed by atoms with Gasteiger partial charge in [0, 0.05) is 6.42 Å². The molecule has 4 atom stereocenters. The van der Waals surface area contributed by atoms with Gasteiger partial charge in [-0.3, -0.25) is 0 Å². The maximum Gasteiger partial charge on any atom is 0.351 e. The Balaban J connectivity index is 1.88. The van der Waals surface area contributed by atoms with Gasteiger partial charge in [0.05, 0.1) is 7.05 Å². The zero-order valence-electron chi connectivity index (χ0n) is 17.7. The van der Waals surface area contributed by atoms with Gasteiger partial charge >= 0.3 is 5.97 Å². The zero-order valence-corrected chi connectivity index (χ0v) is 17.7. The highest BCUT2D eigenvalue weighted by atomic mass is 16.5. The third-order valence-corrected chi connectivity index (χ3v) is 6.44. The van der Waals surface area contributed by atoms with E-state index in [1.807, 2.05) is 19.1 Å². The summed E-state index contributed by atoms with van der Waals surface area (Å²) >= 11 is 0. The summed E-state index contributed by atoms with van der Waals surface area (Å²) in [6.45, 7) is 10.9. The molecule has 2 aromatic rings. The Morgan fingerprint density at radius 3 is 2.63 bits per heavy atom. The van der Waals surface area contributed by atoms with Gasteiger partial charge in [0.1, 0.15) is 6.10 Å². The molecule has 1 heterocycles. The number of aryl methyl sites for hydroxylation is 1. The fourth-order valence-electron chi connectivity index (χ4n) is 4.83. The van der Waals surface area contributed by atoms with Crippen molar-refractivity contribution in [2.75, 3.05) is 0 Å². The van der Waals surface area contributed by atoms with Gasteiger partial charge in [-0.05, 0) is 49.7 Å². The Morgan fingerprint density at radius 2 is 1.96 bits per heavy atom. The molecule has 4 heteroatoms. The summed E-state index contributed by atoms with van der Waals surface area (Å²) in [7, 11) is 2.08. The number of benzene rings is 1. The summed E-state index contributed by atoms with van der Waals surface area (Å²) in [5, 5.41) is 0. The average molecular weight is 372 g/mol. The molecular weight excluding hydrogens is 336 g/mol. The standard InChI is InChI=1S/C23H35N2O2/c1-7-22-24(6)19-10-8-9-11-20(19)25(22)17(5)23(26)27-21-14-16(4)12-13-18(21)15(2)3/h8-11,15-18,21H,7,12-14H2,1-6H3/q+1/t16-,17-,18+,21+/m1/s1. The number of hydrogen-bond acceptors (Lipinski definition) is 2. The lowest BCUT2D eigenvalue weighted by Crippen LogP contribution is -2.38. The molecule has 0 N–H and O–H groups in total. The molecule has 0 amide bonds. The minimum atomic E-state index is -0.323. The van der Waals surface area contributed by atoms with Crippen molar-refractivity contribution in [1.29, 1.82) is 0 Å². The summed E-state index contributed by atoms with van der Waals surface area (Å²) in [6, 6.07) is 7.97. The first kappa shape index (κ1) is 19.9. The number of fused-ring (bicyclic) bond motifs is 1. The molecule has 1 aliphatic carbocycles. The molecule has 0 spiro atoms. The second kappa shape index (κ2) is 8.04. The number of imidazole rings is 1. The van der Waals surface area contributed by atoms with E-state index < -0.39 is 0 Å². The molecular formula is C23H35N2O2+. The predicted octanol–water partition coefficient (Wildman–Crippen LogP) is 4.59. The second-order valence-electron chi connectivity index (χ2n) is 8.66. The summed E-state index contributed by atoms with van der Waals surface area (Å²) in [5.74, 6) is 2.70. The molecule has 0 bridgehead atoms. The highest BCUT2D eigenvalue weighted by Crippen LogP contribution is 2.36. The first-order valence-electron chi connectivity index (χ1n) is 10.5. The number of esters is 1.